The van der Waals surface area contributed by atoms with E-state index in [4.69, 9.17) is 0 Å². The zero-order valence-corrected chi connectivity index (χ0v) is 14.8. The maximum atomic E-state index is 12.2. The average molecular weight is 386 g/mol. The largest absolute Gasteiger partial charge is 0.241 e. The fourth-order valence-corrected chi connectivity index (χ4v) is 4.90. The van der Waals surface area contributed by atoms with Gasteiger partial charge < -0.3 is 0 Å². The van der Waals surface area contributed by atoms with Crippen molar-refractivity contribution in [1.29, 1.82) is 0 Å². The number of nitrogens with one attached hydrogen (secondary N) is 1. The first-order valence-corrected chi connectivity index (χ1v) is 9.69. The van der Waals surface area contributed by atoms with Gasteiger partial charge >= 0.3 is 0 Å². The summed E-state index contributed by atoms with van der Waals surface area (Å²) >= 11 is 4.93. The van der Waals surface area contributed by atoms with Gasteiger partial charge in [0.05, 0.1) is 4.90 Å². The third-order valence-electron chi connectivity index (χ3n) is 2.78. The third kappa shape index (κ3) is 4.85. The summed E-state index contributed by atoms with van der Waals surface area (Å²) in [4.78, 5) is 1.41. The van der Waals surface area contributed by atoms with E-state index in [2.05, 4.69) is 20.7 Å². The predicted molar refractivity (Wildman–Crippen MR) is 91.2 cm³/mol. The number of halogens is 1. The molecule has 0 bridgehead atoms. The standard InChI is InChI=1S/C15H16BrNO2S2/c1-12-7-8-15(14(16)11-12)21(18,19)17-9-10-20-13-5-3-2-4-6-13/h2-8,11,17H,9-10H2,1H3. The molecule has 2 rings (SSSR count). The lowest BCUT2D eigenvalue weighted by Gasteiger charge is -2.09. The van der Waals surface area contributed by atoms with E-state index in [-0.39, 0.29) is 4.90 Å². The van der Waals surface area contributed by atoms with Crippen molar-refractivity contribution < 1.29 is 8.42 Å². The van der Waals surface area contributed by atoms with Crippen LogP contribution in [0, 0.1) is 6.92 Å². The van der Waals surface area contributed by atoms with Crippen molar-refractivity contribution in [3.63, 3.8) is 0 Å². The van der Waals surface area contributed by atoms with Crippen molar-refractivity contribution in [3.05, 3.63) is 58.6 Å². The Bertz CT molecular complexity index is 703. The summed E-state index contributed by atoms with van der Waals surface area (Å²) in [5.41, 5.74) is 1.01. The molecular formula is C15H16BrNO2S2. The number of hydrogen-bond acceptors (Lipinski definition) is 3. The summed E-state index contributed by atoms with van der Waals surface area (Å²) in [6.45, 7) is 2.31. The Hall–Kier alpha value is -0.820. The molecule has 2 aromatic rings. The minimum atomic E-state index is -3.47. The molecule has 0 radical (unpaired) electrons. The van der Waals surface area contributed by atoms with Gasteiger partial charge in [0.1, 0.15) is 0 Å². The monoisotopic (exact) mass is 385 g/mol. The average Bonchev–Trinajstić information content (AvgIpc) is 2.44. The summed E-state index contributed by atoms with van der Waals surface area (Å²) in [7, 11) is -3.47. The number of hydrogen-bond donors (Lipinski definition) is 1. The van der Waals surface area contributed by atoms with E-state index in [0.29, 0.717) is 16.8 Å². The van der Waals surface area contributed by atoms with E-state index < -0.39 is 10.0 Å². The molecule has 0 aliphatic carbocycles. The van der Waals surface area contributed by atoms with Gasteiger partial charge in [0.2, 0.25) is 10.0 Å². The van der Waals surface area contributed by atoms with Crippen molar-refractivity contribution in [2.45, 2.75) is 16.7 Å². The minimum absolute atomic E-state index is 0.276. The highest BCUT2D eigenvalue weighted by Gasteiger charge is 2.16. The lowest BCUT2D eigenvalue weighted by atomic mass is 10.2. The van der Waals surface area contributed by atoms with Crippen LogP contribution in [0.5, 0.6) is 0 Å². The van der Waals surface area contributed by atoms with E-state index in [1.54, 1.807) is 30.0 Å². The molecule has 21 heavy (non-hydrogen) atoms. The molecule has 0 heterocycles. The van der Waals surface area contributed by atoms with Crippen molar-refractivity contribution in [3.8, 4) is 0 Å². The third-order valence-corrected chi connectivity index (χ3v) is 6.23. The second-order valence-electron chi connectivity index (χ2n) is 4.49. The van der Waals surface area contributed by atoms with Gasteiger partial charge in [-0.1, -0.05) is 24.3 Å². The van der Waals surface area contributed by atoms with E-state index in [1.807, 2.05) is 37.3 Å². The van der Waals surface area contributed by atoms with Crippen LogP contribution in [0.4, 0.5) is 0 Å². The van der Waals surface area contributed by atoms with Gasteiger partial charge in [0.25, 0.3) is 0 Å². The second-order valence-corrected chi connectivity index (χ2v) is 8.25. The Kier molecular flexibility index (Phi) is 5.87. The topological polar surface area (TPSA) is 46.2 Å². The molecule has 2 aromatic carbocycles. The molecule has 0 spiro atoms. The van der Waals surface area contributed by atoms with Gasteiger partial charge in [-0.15, -0.1) is 11.8 Å². The van der Waals surface area contributed by atoms with Gasteiger partial charge in [0, 0.05) is 21.7 Å². The molecule has 1 N–H and O–H groups in total. The van der Waals surface area contributed by atoms with Crippen LogP contribution in [-0.4, -0.2) is 20.7 Å². The van der Waals surface area contributed by atoms with E-state index in [1.165, 1.54) is 0 Å². The smallest absolute Gasteiger partial charge is 0.210 e. The van der Waals surface area contributed by atoms with Crippen molar-refractivity contribution in [2.75, 3.05) is 12.3 Å². The zero-order chi connectivity index (χ0) is 15.3. The normalized spacial score (nSPS) is 11.5. The molecule has 6 heteroatoms. The molecule has 0 amide bonds. The lowest BCUT2D eigenvalue weighted by Crippen LogP contribution is -2.26. The summed E-state index contributed by atoms with van der Waals surface area (Å²) in [5, 5.41) is 0. The van der Waals surface area contributed by atoms with Crippen LogP contribution in [0.15, 0.2) is 62.8 Å². The van der Waals surface area contributed by atoms with Gasteiger partial charge in [-0.3, -0.25) is 0 Å². The summed E-state index contributed by atoms with van der Waals surface area (Å²) < 4.78 is 27.7. The molecule has 0 atom stereocenters. The number of thioether (sulfide) groups is 1. The van der Waals surface area contributed by atoms with Gasteiger partial charge in [-0.25, -0.2) is 13.1 Å². The quantitative estimate of drug-likeness (QED) is 0.606. The first kappa shape index (κ1) is 16.5. The highest BCUT2D eigenvalue weighted by molar-refractivity contribution is 9.10. The molecule has 0 aliphatic rings. The summed E-state index contributed by atoms with van der Waals surface area (Å²) in [5.74, 6) is 0.687. The Morgan fingerprint density at radius 3 is 2.52 bits per heavy atom. The van der Waals surface area contributed by atoms with Gasteiger partial charge in [0.15, 0.2) is 0 Å². The Labute approximate surface area is 138 Å². The fraction of sp³-hybridized carbons (Fsp3) is 0.200. The lowest BCUT2D eigenvalue weighted by molar-refractivity contribution is 0.583. The Balaban J connectivity index is 1.92. The molecular weight excluding hydrogens is 370 g/mol. The van der Waals surface area contributed by atoms with Crippen molar-refractivity contribution in [2.24, 2.45) is 0 Å². The fourth-order valence-electron chi connectivity index (χ4n) is 1.76. The van der Waals surface area contributed by atoms with Crippen LogP contribution in [-0.2, 0) is 10.0 Å². The number of aryl methyl sites for hydroxylation is 1. The highest BCUT2D eigenvalue weighted by Crippen LogP contribution is 2.23. The second kappa shape index (κ2) is 7.45. The molecule has 0 fully saturated rings. The van der Waals surface area contributed by atoms with Crippen molar-refractivity contribution in [1.82, 2.24) is 4.72 Å². The first-order valence-electron chi connectivity index (χ1n) is 6.43. The Morgan fingerprint density at radius 2 is 1.86 bits per heavy atom. The molecule has 0 unspecified atom stereocenters. The molecule has 112 valence electrons. The van der Waals surface area contributed by atoms with E-state index >= 15 is 0 Å². The summed E-state index contributed by atoms with van der Waals surface area (Å²) in [6.07, 6.45) is 0. The number of benzene rings is 2. The predicted octanol–water partition coefficient (Wildman–Crippen LogP) is 3.83. The Morgan fingerprint density at radius 1 is 1.14 bits per heavy atom. The van der Waals surface area contributed by atoms with E-state index in [0.717, 1.165) is 10.5 Å². The number of rotatable bonds is 6. The van der Waals surface area contributed by atoms with E-state index in [9.17, 15) is 8.42 Å². The minimum Gasteiger partial charge on any atom is -0.210 e. The zero-order valence-electron chi connectivity index (χ0n) is 11.5. The van der Waals surface area contributed by atoms with Gasteiger partial charge in [-0.2, -0.15) is 0 Å². The molecule has 0 aliphatic heterocycles. The molecule has 0 saturated heterocycles. The maximum absolute atomic E-state index is 12.2. The molecule has 0 aromatic heterocycles. The van der Waals surface area contributed by atoms with Crippen LogP contribution in [0.1, 0.15) is 5.56 Å². The highest BCUT2D eigenvalue weighted by atomic mass is 79.9. The van der Waals surface area contributed by atoms with Crippen molar-refractivity contribution >= 4 is 37.7 Å². The maximum Gasteiger partial charge on any atom is 0.241 e. The molecule has 0 saturated carbocycles. The van der Waals surface area contributed by atoms with Gasteiger partial charge in [-0.05, 0) is 52.7 Å². The first-order chi connectivity index (χ1) is 9.99. The number of sulfonamides is 1. The molecule has 3 nitrogen and oxygen atoms in total. The van der Waals surface area contributed by atoms with Crippen LogP contribution >= 0.6 is 27.7 Å². The van der Waals surface area contributed by atoms with Crippen LogP contribution in [0.3, 0.4) is 0 Å². The van der Waals surface area contributed by atoms with Crippen LogP contribution in [0.2, 0.25) is 0 Å². The van der Waals surface area contributed by atoms with Crippen LogP contribution < -0.4 is 4.72 Å². The van der Waals surface area contributed by atoms with Crippen LogP contribution in [0.25, 0.3) is 0 Å². The summed E-state index contributed by atoms with van der Waals surface area (Å²) in [6, 6.07) is 15.1. The SMILES string of the molecule is Cc1ccc(S(=O)(=O)NCCSc2ccccc2)c(Br)c1.